The number of morpholine rings is 1. The molecule has 0 saturated carbocycles. The molecule has 1 atom stereocenters. The molecule has 1 saturated heterocycles. The maximum atomic E-state index is 11.7. The summed E-state index contributed by atoms with van der Waals surface area (Å²) in [6, 6.07) is 6.93. The number of amides is 2. The molecule has 6 heteroatoms. The first-order valence-electron chi connectivity index (χ1n) is 6.90. The van der Waals surface area contributed by atoms with Crippen molar-refractivity contribution in [1.29, 1.82) is 0 Å². The van der Waals surface area contributed by atoms with Gasteiger partial charge in [0, 0.05) is 12.6 Å². The average molecular weight is 292 g/mol. The lowest BCUT2D eigenvalue weighted by Crippen LogP contribution is -2.48. The summed E-state index contributed by atoms with van der Waals surface area (Å²) in [7, 11) is 0. The Morgan fingerprint density at radius 1 is 1.19 bits per heavy atom. The van der Waals surface area contributed by atoms with E-state index in [4.69, 9.17) is 15.2 Å². The number of carbonyl (C=O) groups excluding carboxylic acids is 2. The Morgan fingerprint density at radius 3 is 2.29 bits per heavy atom. The maximum Gasteiger partial charge on any atom is 0.255 e. The van der Waals surface area contributed by atoms with Crippen LogP contribution in [0.25, 0.3) is 0 Å². The van der Waals surface area contributed by atoms with Gasteiger partial charge in [-0.15, -0.1) is 0 Å². The van der Waals surface area contributed by atoms with E-state index in [1.54, 1.807) is 0 Å². The van der Waals surface area contributed by atoms with E-state index in [2.05, 4.69) is 0 Å². The lowest BCUT2D eigenvalue weighted by atomic mass is 10.1. The van der Waals surface area contributed by atoms with Gasteiger partial charge in [-0.1, -0.05) is 12.1 Å². The van der Waals surface area contributed by atoms with Crippen molar-refractivity contribution in [2.24, 2.45) is 5.73 Å². The Kier molecular flexibility index (Phi) is 4.93. The van der Waals surface area contributed by atoms with E-state index in [0.29, 0.717) is 0 Å². The van der Waals surface area contributed by atoms with Gasteiger partial charge in [0.05, 0.1) is 6.10 Å². The smallest absolute Gasteiger partial charge is 0.255 e. The molecule has 0 bridgehead atoms. The van der Waals surface area contributed by atoms with Crippen molar-refractivity contribution in [2.75, 3.05) is 19.8 Å². The molecule has 6 nitrogen and oxygen atoms in total. The summed E-state index contributed by atoms with van der Waals surface area (Å²) in [6.07, 6.45) is 0.105. The first-order chi connectivity index (χ1) is 9.97. The van der Waals surface area contributed by atoms with Crippen molar-refractivity contribution in [3.8, 4) is 5.75 Å². The lowest BCUT2D eigenvalue weighted by molar-refractivity contribution is -0.158. The highest BCUT2D eigenvalue weighted by atomic mass is 16.5. The van der Waals surface area contributed by atoms with Gasteiger partial charge >= 0.3 is 0 Å². The Balaban J connectivity index is 2.00. The molecule has 1 aromatic carbocycles. The van der Waals surface area contributed by atoms with Crippen molar-refractivity contribution in [1.82, 2.24) is 4.90 Å². The highest BCUT2D eigenvalue weighted by Gasteiger charge is 2.28. The molecule has 0 aliphatic carbocycles. The predicted octanol–water partition coefficient (Wildman–Crippen LogP) is 0.859. The van der Waals surface area contributed by atoms with Crippen LogP contribution in [0.5, 0.6) is 5.75 Å². The van der Waals surface area contributed by atoms with E-state index in [-0.39, 0.29) is 37.7 Å². The summed E-state index contributed by atoms with van der Waals surface area (Å²) in [5.41, 5.74) is 6.92. The minimum atomic E-state index is -0.427. The number of nitrogens with zero attached hydrogens (tertiary/aromatic N) is 1. The molecule has 0 spiro atoms. The zero-order chi connectivity index (χ0) is 15.4. The Bertz CT molecular complexity index is 497. The number of hydrogen-bond acceptors (Lipinski definition) is 5. The monoisotopic (exact) mass is 292 g/mol. The fraction of sp³-hybridized carbons (Fsp3) is 0.467. The molecule has 1 aliphatic heterocycles. The second-order valence-corrected chi connectivity index (χ2v) is 5.23. The highest BCUT2D eigenvalue weighted by Crippen LogP contribution is 2.19. The van der Waals surface area contributed by atoms with Gasteiger partial charge < -0.3 is 15.2 Å². The SMILES string of the molecule is CC(C)Oc1ccc(C(N)CN2C(=O)COCC2=O)cc1. The number of hydrogen-bond donors (Lipinski definition) is 1. The van der Waals surface area contributed by atoms with E-state index in [1.165, 1.54) is 0 Å². The Hall–Kier alpha value is -1.92. The van der Waals surface area contributed by atoms with Gasteiger partial charge in [0.25, 0.3) is 11.8 Å². The van der Waals surface area contributed by atoms with Crippen LogP contribution >= 0.6 is 0 Å². The Labute approximate surface area is 123 Å². The third-order valence-corrected chi connectivity index (χ3v) is 3.11. The quantitative estimate of drug-likeness (QED) is 0.814. The van der Waals surface area contributed by atoms with E-state index >= 15 is 0 Å². The standard InChI is InChI=1S/C15H20N2O4/c1-10(2)21-12-5-3-11(4-6-12)13(16)7-17-14(18)8-20-9-15(17)19/h3-6,10,13H,7-9,16H2,1-2H3. The van der Waals surface area contributed by atoms with Crippen molar-refractivity contribution < 1.29 is 19.1 Å². The zero-order valence-electron chi connectivity index (χ0n) is 12.2. The van der Waals surface area contributed by atoms with Gasteiger partial charge in [0.2, 0.25) is 0 Å². The van der Waals surface area contributed by atoms with Gasteiger partial charge in [-0.2, -0.15) is 0 Å². The minimum absolute atomic E-state index is 0.0698. The number of nitrogens with two attached hydrogens (primary N) is 1. The first kappa shape index (κ1) is 15.5. The van der Waals surface area contributed by atoms with E-state index in [0.717, 1.165) is 16.2 Å². The topological polar surface area (TPSA) is 81.9 Å². The minimum Gasteiger partial charge on any atom is -0.491 e. The van der Waals surface area contributed by atoms with Crippen LogP contribution in [0, 0.1) is 0 Å². The summed E-state index contributed by atoms with van der Waals surface area (Å²) in [5, 5.41) is 0. The van der Waals surface area contributed by atoms with Gasteiger partial charge in [-0.3, -0.25) is 14.5 Å². The van der Waals surface area contributed by atoms with Crippen LogP contribution in [0.4, 0.5) is 0 Å². The molecule has 2 rings (SSSR count). The van der Waals surface area contributed by atoms with Crippen LogP contribution in [0.3, 0.4) is 0 Å². The summed E-state index contributed by atoms with van der Waals surface area (Å²) in [6.45, 7) is 3.93. The van der Waals surface area contributed by atoms with Crippen LogP contribution in [-0.2, 0) is 14.3 Å². The molecule has 1 fully saturated rings. The number of imide groups is 1. The molecule has 1 unspecified atom stereocenters. The van der Waals surface area contributed by atoms with Crippen molar-refractivity contribution in [3.63, 3.8) is 0 Å². The van der Waals surface area contributed by atoms with E-state index in [1.807, 2.05) is 38.1 Å². The summed E-state index contributed by atoms with van der Waals surface area (Å²) in [5.74, 6) is 0.0717. The van der Waals surface area contributed by atoms with Gasteiger partial charge in [-0.25, -0.2) is 0 Å². The normalized spacial score (nSPS) is 17.2. The van der Waals surface area contributed by atoms with Crippen LogP contribution in [0.15, 0.2) is 24.3 Å². The number of benzene rings is 1. The van der Waals surface area contributed by atoms with Crippen LogP contribution in [0.1, 0.15) is 25.5 Å². The fourth-order valence-corrected chi connectivity index (χ4v) is 2.09. The summed E-state index contributed by atoms with van der Waals surface area (Å²) < 4.78 is 10.4. The summed E-state index contributed by atoms with van der Waals surface area (Å²) >= 11 is 0. The molecule has 21 heavy (non-hydrogen) atoms. The number of rotatable bonds is 5. The maximum absolute atomic E-state index is 11.7. The summed E-state index contributed by atoms with van der Waals surface area (Å²) in [4.78, 5) is 24.5. The van der Waals surface area contributed by atoms with Gasteiger partial charge in [0.1, 0.15) is 19.0 Å². The highest BCUT2D eigenvalue weighted by molar-refractivity contribution is 5.98. The van der Waals surface area contributed by atoms with Crippen molar-refractivity contribution in [2.45, 2.75) is 26.0 Å². The molecule has 2 N–H and O–H groups in total. The van der Waals surface area contributed by atoms with Crippen LogP contribution in [0.2, 0.25) is 0 Å². The van der Waals surface area contributed by atoms with Crippen LogP contribution in [-0.4, -0.2) is 42.6 Å². The lowest BCUT2D eigenvalue weighted by Gasteiger charge is -2.27. The molecular formula is C15H20N2O4. The first-order valence-corrected chi connectivity index (χ1v) is 6.90. The second-order valence-electron chi connectivity index (χ2n) is 5.23. The average Bonchev–Trinajstić information content (AvgIpc) is 2.43. The van der Waals surface area contributed by atoms with Crippen molar-refractivity contribution >= 4 is 11.8 Å². The Morgan fingerprint density at radius 2 is 1.76 bits per heavy atom. The largest absolute Gasteiger partial charge is 0.491 e. The molecular weight excluding hydrogens is 272 g/mol. The zero-order valence-corrected chi connectivity index (χ0v) is 12.2. The number of ether oxygens (including phenoxy) is 2. The van der Waals surface area contributed by atoms with Crippen molar-refractivity contribution in [3.05, 3.63) is 29.8 Å². The molecule has 114 valence electrons. The number of carbonyl (C=O) groups is 2. The third kappa shape index (κ3) is 4.03. The van der Waals surface area contributed by atoms with Crippen LogP contribution < -0.4 is 10.5 Å². The molecule has 0 aromatic heterocycles. The molecule has 2 amide bonds. The molecule has 1 aromatic rings. The van der Waals surface area contributed by atoms with E-state index in [9.17, 15) is 9.59 Å². The second kappa shape index (κ2) is 6.69. The van der Waals surface area contributed by atoms with Gasteiger partial charge in [0.15, 0.2) is 0 Å². The third-order valence-electron chi connectivity index (χ3n) is 3.11. The molecule has 0 radical (unpaired) electrons. The fourth-order valence-electron chi connectivity index (χ4n) is 2.09. The van der Waals surface area contributed by atoms with Gasteiger partial charge in [-0.05, 0) is 31.5 Å². The molecule has 1 heterocycles. The molecule has 1 aliphatic rings. The van der Waals surface area contributed by atoms with E-state index < -0.39 is 6.04 Å². The predicted molar refractivity (Wildman–Crippen MR) is 76.7 cm³/mol.